The second kappa shape index (κ2) is 6.70. The van der Waals surface area contributed by atoms with Gasteiger partial charge in [0, 0.05) is 19.5 Å². The van der Waals surface area contributed by atoms with Gasteiger partial charge in [-0.3, -0.25) is 4.90 Å². The summed E-state index contributed by atoms with van der Waals surface area (Å²) in [5.74, 6) is 0.537. The van der Waals surface area contributed by atoms with Crippen molar-refractivity contribution in [1.29, 1.82) is 0 Å². The van der Waals surface area contributed by atoms with Crippen molar-refractivity contribution in [3.8, 4) is 5.88 Å². The molecule has 1 atom stereocenters. The molecule has 4 rings (SSSR count). The number of ether oxygens (including phenoxy) is 1. The fourth-order valence-corrected chi connectivity index (χ4v) is 4.26. The highest BCUT2D eigenvalue weighted by molar-refractivity contribution is 7.17. The molecule has 1 unspecified atom stereocenters. The molecule has 1 fully saturated rings. The van der Waals surface area contributed by atoms with E-state index in [9.17, 15) is 9.50 Å². The number of fused-ring (bicyclic) bond motifs is 1. The monoisotopic (exact) mass is 362 g/mol. The summed E-state index contributed by atoms with van der Waals surface area (Å²) in [6, 6.07) is 6.26. The standard InChI is InChI=1S/C17H19FN4O2S/c1-2-13-19-17-22(20-13)16(23)15(25-17)14(21-7-9-24-10-8-21)11-3-5-12(18)6-4-11/h3-6,14,23H,2,7-10H2,1H3. The molecule has 0 bridgehead atoms. The molecule has 25 heavy (non-hydrogen) atoms. The van der Waals surface area contributed by atoms with Gasteiger partial charge in [0.05, 0.1) is 24.1 Å². The Balaban J connectivity index is 1.80. The van der Waals surface area contributed by atoms with Crippen molar-refractivity contribution in [2.45, 2.75) is 19.4 Å². The molecule has 1 saturated heterocycles. The lowest BCUT2D eigenvalue weighted by Crippen LogP contribution is -2.39. The molecular formula is C17H19FN4O2S. The van der Waals surface area contributed by atoms with E-state index in [2.05, 4.69) is 15.0 Å². The minimum atomic E-state index is -0.274. The van der Waals surface area contributed by atoms with Crippen LogP contribution in [0.5, 0.6) is 5.88 Å². The molecule has 1 N–H and O–H groups in total. The summed E-state index contributed by atoms with van der Waals surface area (Å²) in [6.07, 6.45) is 0.716. The van der Waals surface area contributed by atoms with E-state index in [4.69, 9.17) is 4.74 Å². The summed E-state index contributed by atoms with van der Waals surface area (Å²) in [4.78, 5) is 8.13. The number of thiazole rings is 1. The topological polar surface area (TPSA) is 62.9 Å². The van der Waals surface area contributed by atoms with Crippen molar-refractivity contribution in [2.24, 2.45) is 0 Å². The number of halogens is 1. The van der Waals surface area contributed by atoms with Gasteiger partial charge in [0.1, 0.15) is 5.82 Å². The highest BCUT2D eigenvalue weighted by Crippen LogP contribution is 2.40. The Morgan fingerprint density at radius 2 is 2.00 bits per heavy atom. The predicted molar refractivity (Wildman–Crippen MR) is 92.5 cm³/mol. The van der Waals surface area contributed by atoms with Gasteiger partial charge in [-0.25, -0.2) is 9.37 Å². The zero-order valence-electron chi connectivity index (χ0n) is 13.9. The maximum absolute atomic E-state index is 13.4. The van der Waals surface area contributed by atoms with E-state index in [0.29, 0.717) is 30.4 Å². The molecular weight excluding hydrogens is 343 g/mol. The molecule has 3 heterocycles. The van der Waals surface area contributed by atoms with Gasteiger partial charge in [-0.1, -0.05) is 30.4 Å². The molecule has 0 aliphatic carbocycles. The fourth-order valence-electron chi connectivity index (χ4n) is 3.13. The SMILES string of the molecule is CCc1nc2sc(C(c3ccc(F)cc3)N3CCOCC3)c(O)n2n1. The van der Waals surface area contributed by atoms with Crippen LogP contribution >= 0.6 is 11.3 Å². The first-order chi connectivity index (χ1) is 12.2. The van der Waals surface area contributed by atoms with Gasteiger partial charge in [-0.15, -0.1) is 5.10 Å². The van der Waals surface area contributed by atoms with Crippen LogP contribution in [0.2, 0.25) is 0 Å². The number of benzene rings is 1. The maximum Gasteiger partial charge on any atom is 0.230 e. The molecule has 1 aliphatic rings. The molecule has 2 aromatic heterocycles. The second-order valence-electron chi connectivity index (χ2n) is 5.97. The van der Waals surface area contributed by atoms with E-state index < -0.39 is 0 Å². The minimum Gasteiger partial charge on any atom is -0.492 e. The average Bonchev–Trinajstić information content (AvgIpc) is 3.18. The van der Waals surface area contributed by atoms with Crippen LogP contribution in [0.15, 0.2) is 24.3 Å². The molecule has 3 aromatic rings. The van der Waals surface area contributed by atoms with E-state index in [1.165, 1.54) is 28.0 Å². The van der Waals surface area contributed by atoms with Crippen LogP contribution in [0, 0.1) is 5.82 Å². The Morgan fingerprint density at radius 3 is 2.64 bits per heavy atom. The third-order valence-corrected chi connectivity index (χ3v) is 5.48. The first-order valence-electron chi connectivity index (χ1n) is 8.32. The van der Waals surface area contributed by atoms with Crippen LogP contribution in [0.25, 0.3) is 4.96 Å². The number of rotatable bonds is 4. The Hall–Kier alpha value is -2.03. The maximum atomic E-state index is 13.4. The molecule has 0 amide bonds. The highest BCUT2D eigenvalue weighted by Gasteiger charge is 2.30. The van der Waals surface area contributed by atoms with Crippen LogP contribution < -0.4 is 0 Å². The number of aromatic nitrogens is 3. The first kappa shape index (κ1) is 16.4. The largest absolute Gasteiger partial charge is 0.492 e. The molecule has 6 nitrogen and oxygen atoms in total. The Kier molecular flexibility index (Phi) is 4.41. The number of aromatic hydroxyl groups is 1. The first-order valence-corrected chi connectivity index (χ1v) is 9.13. The minimum absolute atomic E-state index is 0.105. The van der Waals surface area contributed by atoms with Gasteiger partial charge in [0.15, 0.2) is 5.82 Å². The number of morpholine rings is 1. The molecule has 1 aliphatic heterocycles. The van der Waals surface area contributed by atoms with Gasteiger partial charge in [-0.05, 0) is 17.7 Å². The zero-order chi connectivity index (χ0) is 17.4. The van der Waals surface area contributed by atoms with Gasteiger partial charge in [-0.2, -0.15) is 4.52 Å². The number of aryl methyl sites for hydroxylation is 1. The number of hydrogen-bond acceptors (Lipinski definition) is 6. The van der Waals surface area contributed by atoms with Crippen LogP contribution in [-0.2, 0) is 11.2 Å². The number of hydrogen-bond donors (Lipinski definition) is 1. The Morgan fingerprint density at radius 1 is 1.28 bits per heavy atom. The average molecular weight is 362 g/mol. The number of nitrogens with zero attached hydrogens (tertiary/aromatic N) is 4. The van der Waals surface area contributed by atoms with Crippen molar-refractivity contribution in [3.63, 3.8) is 0 Å². The highest BCUT2D eigenvalue weighted by atomic mass is 32.1. The van der Waals surface area contributed by atoms with Crippen LogP contribution in [0.1, 0.15) is 29.2 Å². The fraction of sp³-hybridized carbons (Fsp3) is 0.412. The lowest BCUT2D eigenvalue weighted by Gasteiger charge is -2.34. The zero-order valence-corrected chi connectivity index (χ0v) is 14.7. The second-order valence-corrected chi connectivity index (χ2v) is 6.98. The third-order valence-electron chi connectivity index (χ3n) is 4.40. The van der Waals surface area contributed by atoms with Gasteiger partial charge >= 0.3 is 0 Å². The van der Waals surface area contributed by atoms with Gasteiger partial charge in [0.2, 0.25) is 10.8 Å². The summed E-state index contributed by atoms with van der Waals surface area (Å²) < 4.78 is 20.3. The summed E-state index contributed by atoms with van der Waals surface area (Å²) >= 11 is 1.42. The van der Waals surface area contributed by atoms with E-state index >= 15 is 0 Å². The van der Waals surface area contributed by atoms with E-state index in [-0.39, 0.29) is 17.7 Å². The van der Waals surface area contributed by atoms with Gasteiger partial charge < -0.3 is 9.84 Å². The van der Waals surface area contributed by atoms with E-state index in [1.807, 2.05) is 6.92 Å². The summed E-state index contributed by atoms with van der Waals surface area (Å²) in [6.45, 7) is 4.75. The van der Waals surface area contributed by atoms with Crippen molar-refractivity contribution < 1.29 is 14.2 Å². The van der Waals surface area contributed by atoms with E-state index in [1.54, 1.807) is 12.1 Å². The van der Waals surface area contributed by atoms with E-state index in [0.717, 1.165) is 23.5 Å². The molecule has 0 spiro atoms. The molecule has 8 heteroatoms. The smallest absolute Gasteiger partial charge is 0.230 e. The quantitative estimate of drug-likeness (QED) is 0.773. The third kappa shape index (κ3) is 3.01. The van der Waals surface area contributed by atoms with Crippen molar-refractivity contribution in [2.75, 3.05) is 26.3 Å². The normalized spacial score (nSPS) is 17.2. The van der Waals surface area contributed by atoms with Crippen molar-refractivity contribution in [3.05, 3.63) is 46.3 Å². The lowest BCUT2D eigenvalue weighted by molar-refractivity contribution is 0.0241. The summed E-state index contributed by atoms with van der Waals surface area (Å²) in [5.41, 5.74) is 0.929. The molecule has 1 aromatic carbocycles. The Bertz CT molecular complexity index is 871. The summed E-state index contributed by atoms with van der Waals surface area (Å²) in [5, 5.41) is 15.1. The molecule has 0 saturated carbocycles. The van der Waals surface area contributed by atoms with Gasteiger partial charge in [0.25, 0.3) is 0 Å². The Labute approximate surface area is 148 Å². The summed E-state index contributed by atoms with van der Waals surface area (Å²) in [7, 11) is 0. The van der Waals surface area contributed by atoms with Crippen molar-refractivity contribution in [1.82, 2.24) is 19.5 Å². The van der Waals surface area contributed by atoms with Crippen LogP contribution in [0.3, 0.4) is 0 Å². The molecule has 0 radical (unpaired) electrons. The van der Waals surface area contributed by atoms with Crippen LogP contribution in [-0.4, -0.2) is 50.9 Å². The predicted octanol–water partition coefficient (Wildman–Crippen LogP) is 2.62. The molecule has 132 valence electrons. The van der Waals surface area contributed by atoms with Crippen LogP contribution in [0.4, 0.5) is 4.39 Å². The lowest BCUT2D eigenvalue weighted by atomic mass is 10.0. The van der Waals surface area contributed by atoms with Crippen molar-refractivity contribution >= 4 is 16.3 Å².